The number of hydrogen-bond donors (Lipinski definition) is 1. The van der Waals surface area contributed by atoms with E-state index in [0.717, 1.165) is 12.8 Å². The quantitative estimate of drug-likeness (QED) is 0.708. The van der Waals surface area contributed by atoms with Crippen LogP contribution in [0.25, 0.3) is 0 Å². The van der Waals surface area contributed by atoms with Crippen molar-refractivity contribution >= 4 is 0 Å². The summed E-state index contributed by atoms with van der Waals surface area (Å²) in [6, 6.07) is 11.0. The summed E-state index contributed by atoms with van der Waals surface area (Å²) in [7, 11) is 0. The maximum absolute atomic E-state index is 5.74. The van der Waals surface area contributed by atoms with Gasteiger partial charge >= 0.3 is 0 Å². The normalized spacial score (nSPS) is 22.7. The van der Waals surface area contributed by atoms with Gasteiger partial charge in [0, 0.05) is 6.04 Å². The second-order valence-corrected chi connectivity index (χ2v) is 4.19. The molecule has 1 nitrogen and oxygen atoms in total. The van der Waals surface area contributed by atoms with Crippen LogP contribution in [0.2, 0.25) is 0 Å². The summed E-state index contributed by atoms with van der Waals surface area (Å²) in [6.45, 7) is 2.24. The van der Waals surface area contributed by atoms with E-state index in [4.69, 9.17) is 5.73 Å². The largest absolute Gasteiger partial charge is 0.327 e. The van der Waals surface area contributed by atoms with E-state index in [-0.39, 0.29) is 0 Å². The van der Waals surface area contributed by atoms with Gasteiger partial charge in [0.15, 0.2) is 0 Å². The summed E-state index contributed by atoms with van der Waals surface area (Å²) in [5.74, 6) is 0.527. The highest BCUT2D eigenvalue weighted by Crippen LogP contribution is 2.28. The van der Waals surface area contributed by atoms with Gasteiger partial charge in [-0.3, -0.25) is 0 Å². The molecule has 1 saturated carbocycles. The third-order valence-electron chi connectivity index (χ3n) is 2.86. The van der Waals surface area contributed by atoms with Gasteiger partial charge in [0.2, 0.25) is 0 Å². The molecule has 0 radical (unpaired) electrons. The molecule has 1 aliphatic carbocycles. The summed E-state index contributed by atoms with van der Waals surface area (Å²) in [4.78, 5) is 0. The summed E-state index contributed by atoms with van der Waals surface area (Å²) < 4.78 is 0. The first-order valence-corrected chi connectivity index (χ1v) is 5.26. The Balaban J connectivity index is 2.03. The SMILES string of the molecule is CC(C=C1CC(N)C1)c1ccccc1. The number of allylic oxidation sites excluding steroid dienone is 1. The van der Waals surface area contributed by atoms with Gasteiger partial charge in [0.1, 0.15) is 0 Å². The van der Waals surface area contributed by atoms with Crippen LogP contribution in [0.1, 0.15) is 31.2 Å². The van der Waals surface area contributed by atoms with Crippen molar-refractivity contribution in [2.45, 2.75) is 31.7 Å². The molecule has 1 fully saturated rings. The fraction of sp³-hybridized carbons (Fsp3) is 0.385. The molecule has 1 atom stereocenters. The zero-order valence-corrected chi connectivity index (χ0v) is 8.61. The van der Waals surface area contributed by atoms with Gasteiger partial charge in [-0.2, -0.15) is 0 Å². The van der Waals surface area contributed by atoms with E-state index in [1.165, 1.54) is 11.1 Å². The van der Waals surface area contributed by atoms with Crippen LogP contribution in [0.3, 0.4) is 0 Å². The fourth-order valence-corrected chi connectivity index (χ4v) is 1.96. The maximum atomic E-state index is 5.74. The number of nitrogens with two attached hydrogens (primary N) is 1. The summed E-state index contributed by atoms with van der Waals surface area (Å²) in [6.07, 6.45) is 4.55. The standard InChI is InChI=1S/C13H17N/c1-10(7-11-8-13(14)9-11)12-5-3-2-4-6-12/h2-7,10,13H,8-9,14H2,1H3. The average molecular weight is 187 g/mol. The lowest BCUT2D eigenvalue weighted by atomic mass is 9.84. The minimum Gasteiger partial charge on any atom is -0.327 e. The van der Waals surface area contributed by atoms with Crippen LogP contribution in [0, 0.1) is 0 Å². The molecule has 74 valence electrons. The van der Waals surface area contributed by atoms with Crippen molar-refractivity contribution in [1.29, 1.82) is 0 Å². The Morgan fingerprint density at radius 2 is 1.93 bits per heavy atom. The number of rotatable bonds is 2. The molecular formula is C13H17N. The smallest absolute Gasteiger partial charge is 0.0113 e. The third kappa shape index (κ3) is 2.05. The molecule has 0 heterocycles. The lowest BCUT2D eigenvalue weighted by Crippen LogP contribution is -2.30. The first kappa shape index (κ1) is 9.47. The van der Waals surface area contributed by atoms with E-state index in [1.807, 2.05) is 0 Å². The van der Waals surface area contributed by atoms with Gasteiger partial charge in [-0.05, 0) is 24.3 Å². The molecular weight excluding hydrogens is 170 g/mol. The summed E-state index contributed by atoms with van der Waals surface area (Å²) >= 11 is 0. The molecule has 1 aromatic rings. The van der Waals surface area contributed by atoms with Gasteiger partial charge in [-0.15, -0.1) is 0 Å². The Bertz CT molecular complexity index is 318. The van der Waals surface area contributed by atoms with E-state index < -0.39 is 0 Å². The van der Waals surface area contributed by atoms with Crippen molar-refractivity contribution in [2.75, 3.05) is 0 Å². The predicted molar refractivity (Wildman–Crippen MR) is 60.1 cm³/mol. The lowest BCUT2D eigenvalue weighted by Gasteiger charge is -2.26. The van der Waals surface area contributed by atoms with Gasteiger partial charge in [0.25, 0.3) is 0 Å². The zero-order valence-electron chi connectivity index (χ0n) is 8.61. The molecule has 1 heteroatoms. The number of benzene rings is 1. The lowest BCUT2D eigenvalue weighted by molar-refractivity contribution is 0.537. The Morgan fingerprint density at radius 1 is 1.29 bits per heavy atom. The monoisotopic (exact) mass is 187 g/mol. The summed E-state index contributed by atoms with van der Waals surface area (Å²) in [5, 5.41) is 0. The Kier molecular flexibility index (Phi) is 2.69. The molecule has 0 spiro atoms. The van der Waals surface area contributed by atoms with Crippen LogP contribution >= 0.6 is 0 Å². The van der Waals surface area contributed by atoms with Gasteiger partial charge in [-0.1, -0.05) is 48.9 Å². The first-order chi connectivity index (χ1) is 6.75. The van der Waals surface area contributed by atoms with E-state index >= 15 is 0 Å². The van der Waals surface area contributed by atoms with Crippen molar-refractivity contribution < 1.29 is 0 Å². The van der Waals surface area contributed by atoms with Crippen LogP contribution in [0.15, 0.2) is 42.0 Å². The molecule has 1 unspecified atom stereocenters. The second-order valence-electron chi connectivity index (χ2n) is 4.19. The number of hydrogen-bond acceptors (Lipinski definition) is 1. The van der Waals surface area contributed by atoms with Gasteiger partial charge in [-0.25, -0.2) is 0 Å². The van der Waals surface area contributed by atoms with Crippen molar-refractivity contribution in [3.05, 3.63) is 47.5 Å². The minimum absolute atomic E-state index is 0.421. The average Bonchev–Trinajstić information content (AvgIpc) is 2.17. The third-order valence-corrected chi connectivity index (χ3v) is 2.86. The minimum atomic E-state index is 0.421. The van der Waals surface area contributed by atoms with Crippen molar-refractivity contribution in [1.82, 2.24) is 0 Å². The van der Waals surface area contributed by atoms with Crippen LogP contribution in [-0.4, -0.2) is 6.04 Å². The molecule has 1 aromatic carbocycles. The molecule has 0 amide bonds. The Hall–Kier alpha value is -1.08. The van der Waals surface area contributed by atoms with Crippen LogP contribution < -0.4 is 5.73 Å². The predicted octanol–water partition coefficient (Wildman–Crippen LogP) is 2.84. The Morgan fingerprint density at radius 3 is 2.50 bits per heavy atom. The van der Waals surface area contributed by atoms with Crippen molar-refractivity contribution in [3.63, 3.8) is 0 Å². The molecule has 0 saturated heterocycles. The van der Waals surface area contributed by atoms with Crippen molar-refractivity contribution in [2.24, 2.45) is 5.73 Å². The van der Waals surface area contributed by atoms with Crippen LogP contribution in [-0.2, 0) is 0 Å². The van der Waals surface area contributed by atoms with E-state index in [2.05, 4.69) is 43.3 Å². The van der Waals surface area contributed by atoms with E-state index in [9.17, 15) is 0 Å². The maximum Gasteiger partial charge on any atom is 0.0113 e. The molecule has 0 aromatic heterocycles. The van der Waals surface area contributed by atoms with E-state index in [1.54, 1.807) is 0 Å². The highest BCUT2D eigenvalue weighted by Gasteiger charge is 2.19. The zero-order chi connectivity index (χ0) is 9.97. The highest BCUT2D eigenvalue weighted by atomic mass is 14.7. The topological polar surface area (TPSA) is 26.0 Å². The molecule has 14 heavy (non-hydrogen) atoms. The van der Waals surface area contributed by atoms with Crippen molar-refractivity contribution in [3.8, 4) is 0 Å². The summed E-state index contributed by atoms with van der Waals surface area (Å²) in [5.41, 5.74) is 8.65. The molecule has 0 aliphatic heterocycles. The molecule has 2 N–H and O–H groups in total. The highest BCUT2D eigenvalue weighted by molar-refractivity contribution is 5.27. The van der Waals surface area contributed by atoms with E-state index in [0.29, 0.717) is 12.0 Å². The second kappa shape index (κ2) is 3.97. The van der Waals surface area contributed by atoms with Gasteiger partial charge < -0.3 is 5.73 Å². The molecule has 2 rings (SSSR count). The first-order valence-electron chi connectivity index (χ1n) is 5.26. The fourth-order valence-electron chi connectivity index (χ4n) is 1.96. The van der Waals surface area contributed by atoms with Crippen LogP contribution in [0.4, 0.5) is 0 Å². The molecule has 1 aliphatic rings. The molecule has 0 bridgehead atoms. The van der Waals surface area contributed by atoms with Crippen LogP contribution in [0.5, 0.6) is 0 Å². The van der Waals surface area contributed by atoms with Gasteiger partial charge in [0.05, 0.1) is 0 Å². The Labute approximate surface area is 85.6 Å².